The first kappa shape index (κ1) is 13.3. The van der Waals surface area contributed by atoms with Crippen molar-refractivity contribution in [3.8, 4) is 0 Å². The van der Waals surface area contributed by atoms with Crippen molar-refractivity contribution in [2.45, 2.75) is 52.6 Å². The molecule has 0 aliphatic carbocycles. The van der Waals surface area contributed by atoms with Crippen LogP contribution in [0.25, 0.3) is 0 Å². The third-order valence-corrected chi connectivity index (χ3v) is 1.44. The molecule has 0 radical (unpaired) electrons. The molecule has 0 saturated heterocycles. The van der Waals surface area contributed by atoms with E-state index in [9.17, 15) is 4.79 Å². The predicted octanol–water partition coefficient (Wildman–Crippen LogP) is 2.31. The maximum absolute atomic E-state index is 11.1. The van der Waals surface area contributed by atoms with E-state index in [2.05, 4.69) is 6.58 Å². The Bertz CT molecular complexity index is 175. The Morgan fingerprint density at radius 1 is 1.21 bits per heavy atom. The number of carbonyl (C=O) groups is 1. The fourth-order valence-corrected chi connectivity index (χ4v) is 0.983. The summed E-state index contributed by atoms with van der Waals surface area (Å²) in [6.45, 7) is 11.1. The molecule has 0 saturated carbocycles. The third kappa shape index (κ3) is 6.80. The summed E-state index contributed by atoms with van der Waals surface area (Å²) in [7, 11) is 0. The molecule has 0 aromatic heterocycles. The van der Waals surface area contributed by atoms with Gasteiger partial charge in [-0.3, -0.25) is 4.79 Å². The smallest absolute Gasteiger partial charge is 0.165 e. The molecule has 82 valence electrons. The highest BCUT2D eigenvalue weighted by atomic mass is 16.7. The van der Waals surface area contributed by atoms with E-state index < -0.39 is 6.29 Å². The first-order valence-electron chi connectivity index (χ1n) is 4.92. The summed E-state index contributed by atoms with van der Waals surface area (Å²) in [6, 6.07) is 0. The van der Waals surface area contributed by atoms with Crippen LogP contribution in [0.5, 0.6) is 0 Å². The number of hydrogen-bond acceptors (Lipinski definition) is 3. The zero-order valence-electron chi connectivity index (χ0n) is 9.45. The number of hydrogen-bond donors (Lipinski definition) is 0. The lowest BCUT2D eigenvalue weighted by atomic mass is 10.2. The van der Waals surface area contributed by atoms with Crippen molar-refractivity contribution in [3.63, 3.8) is 0 Å². The highest BCUT2D eigenvalue weighted by Crippen LogP contribution is 2.08. The zero-order chi connectivity index (χ0) is 11.1. The standard InChI is InChI=1S/C11H20O3/c1-6-10(12)7-11(13-8(2)3)14-9(4)5/h6,8-9,11H,1,7H2,2-5H3. The molecule has 0 rings (SSSR count). The quantitative estimate of drug-likeness (QED) is 0.467. The molecule has 0 unspecified atom stereocenters. The van der Waals surface area contributed by atoms with Gasteiger partial charge in [-0.1, -0.05) is 6.58 Å². The van der Waals surface area contributed by atoms with Crippen LogP contribution in [-0.4, -0.2) is 24.3 Å². The number of rotatable bonds is 7. The normalized spacial score (nSPS) is 11.4. The highest BCUT2D eigenvalue weighted by Gasteiger charge is 2.16. The van der Waals surface area contributed by atoms with Crippen LogP contribution in [0.3, 0.4) is 0 Å². The van der Waals surface area contributed by atoms with Gasteiger partial charge in [0, 0.05) is 0 Å². The van der Waals surface area contributed by atoms with E-state index >= 15 is 0 Å². The van der Waals surface area contributed by atoms with Gasteiger partial charge in [-0.25, -0.2) is 0 Å². The minimum Gasteiger partial charge on any atom is -0.350 e. The fourth-order valence-electron chi connectivity index (χ4n) is 0.983. The van der Waals surface area contributed by atoms with E-state index in [0.29, 0.717) is 0 Å². The van der Waals surface area contributed by atoms with Crippen molar-refractivity contribution in [2.24, 2.45) is 0 Å². The van der Waals surface area contributed by atoms with Gasteiger partial charge in [-0.05, 0) is 33.8 Å². The largest absolute Gasteiger partial charge is 0.350 e. The van der Waals surface area contributed by atoms with Crippen molar-refractivity contribution in [1.29, 1.82) is 0 Å². The van der Waals surface area contributed by atoms with Crippen LogP contribution in [0.1, 0.15) is 34.1 Å². The SMILES string of the molecule is C=CC(=O)CC(OC(C)C)OC(C)C. The third-order valence-electron chi connectivity index (χ3n) is 1.44. The number of ketones is 1. The molecule has 0 bridgehead atoms. The van der Waals surface area contributed by atoms with E-state index in [1.165, 1.54) is 6.08 Å². The Morgan fingerprint density at radius 3 is 1.93 bits per heavy atom. The van der Waals surface area contributed by atoms with Crippen LogP contribution in [-0.2, 0) is 14.3 Å². The molecule has 14 heavy (non-hydrogen) atoms. The fraction of sp³-hybridized carbons (Fsp3) is 0.727. The molecule has 3 heteroatoms. The maximum Gasteiger partial charge on any atom is 0.165 e. The van der Waals surface area contributed by atoms with Crippen LogP contribution in [0.2, 0.25) is 0 Å². The first-order valence-corrected chi connectivity index (χ1v) is 4.92. The molecule has 0 aromatic carbocycles. The molecule has 0 atom stereocenters. The molecule has 0 heterocycles. The second kappa shape index (κ2) is 6.74. The number of carbonyl (C=O) groups excluding carboxylic acids is 1. The number of ether oxygens (including phenoxy) is 2. The van der Waals surface area contributed by atoms with Crippen molar-refractivity contribution >= 4 is 5.78 Å². The van der Waals surface area contributed by atoms with E-state index in [1.807, 2.05) is 27.7 Å². The lowest BCUT2D eigenvalue weighted by Crippen LogP contribution is -2.26. The minimum atomic E-state index is -0.458. The summed E-state index contributed by atoms with van der Waals surface area (Å²) < 4.78 is 10.9. The Kier molecular flexibility index (Phi) is 6.41. The van der Waals surface area contributed by atoms with Crippen LogP contribution in [0.4, 0.5) is 0 Å². The van der Waals surface area contributed by atoms with E-state index in [4.69, 9.17) is 9.47 Å². The van der Waals surface area contributed by atoms with Crippen LogP contribution >= 0.6 is 0 Å². The molecule has 3 nitrogen and oxygen atoms in total. The summed E-state index contributed by atoms with van der Waals surface area (Å²) in [6.07, 6.45) is 1.17. The molecule has 0 spiro atoms. The molecular formula is C11H20O3. The maximum atomic E-state index is 11.1. The lowest BCUT2D eigenvalue weighted by Gasteiger charge is -2.21. The van der Waals surface area contributed by atoms with Gasteiger partial charge in [-0.15, -0.1) is 0 Å². The van der Waals surface area contributed by atoms with E-state index in [-0.39, 0.29) is 24.4 Å². The molecule has 0 aliphatic heterocycles. The van der Waals surface area contributed by atoms with Crippen molar-refractivity contribution in [2.75, 3.05) is 0 Å². The summed E-state index contributed by atoms with van der Waals surface area (Å²) in [5.74, 6) is -0.0590. The van der Waals surface area contributed by atoms with E-state index in [1.54, 1.807) is 0 Å². The zero-order valence-corrected chi connectivity index (χ0v) is 9.45. The summed E-state index contributed by atoms with van der Waals surface area (Å²) >= 11 is 0. The average molecular weight is 200 g/mol. The Labute approximate surface area is 86.1 Å². The van der Waals surface area contributed by atoms with Crippen molar-refractivity contribution < 1.29 is 14.3 Å². The van der Waals surface area contributed by atoms with Gasteiger partial charge in [0.15, 0.2) is 12.1 Å². The Balaban J connectivity index is 4.09. The van der Waals surface area contributed by atoms with Gasteiger partial charge in [0.25, 0.3) is 0 Å². The van der Waals surface area contributed by atoms with Gasteiger partial charge in [0.1, 0.15) is 0 Å². The molecule has 0 aliphatic rings. The summed E-state index contributed by atoms with van der Waals surface area (Å²) in [4.78, 5) is 11.1. The monoisotopic (exact) mass is 200 g/mol. The number of allylic oxidation sites excluding steroid dienone is 1. The average Bonchev–Trinajstić information content (AvgIpc) is 2.01. The lowest BCUT2D eigenvalue weighted by molar-refractivity contribution is -0.184. The van der Waals surface area contributed by atoms with Gasteiger partial charge in [-0.2, -0.15) is 0 Å². The Morgan fingerprint density at radius 2 is 1.64 bits per heavy atom. The molecule has 0 amide bonds. The first-order chi connectivity index (χ1) is 6.45. The van der Waals surface area contributed by atoms with E-state index in [0.717, 1.165) is 0 Å². The summed E-state index contributed by atoms with van der Waals surface area (Å²) in [5.41, 5.74) is 0. The van der Waals surface area contributed by atoms with Gasteiger partial charge in [0.2, 0.25) is 0 Å². The predicted molar refractivity (Wildman–Crippen MR) is 56.1 cm³/mol. The minimum absolute atomic E-state index is 0.0522. The van der Waals surface area contributed by atoms with Crippen molar-refractivity contribution in [1.82, 2.24) is 0 Å². The Hall–Kier alpha value is -0.670. The van der Waals surface area contributed by atoms with Crippen molar-refractivity contribution in [3.05, 3.63) is 12.7 Å². The summed E-state index contributed by atoms with van der Waals surface area (Å²) in [5, 5.41) is 0. The highest BCUT2D eigenvalue weighted by molar-refractivity contribution is 5.89. The van der Waals surface area contributed by atoms with Gasteiger partial charge in [0.05, 0.1) is 18.6 Å². The van der Waals surface area contributed by atoms with Crippen LogP contribution in [0.15, 0.2) is 12.7 Å². The van der Waals surface area contributed by atoms with Gasteiger partial charge < -0.3 is 9.47 Å². The second-order valence-electron chi connectivity index (χ2n) is 3.67. The van der Waals surface area contributed by atoms with Gasteiger partial charge >= 0.3 is 0 Å². The molecular weight excluding hydrogens is 180 g/mol. The molecule has 0 N–H and O–H groups in total. The van der Waals surface area contributed by atoms with Crippen LogP contribution in [0, 0.1) is 0 Å². The van der Waals surface area contributed by atoms with Crippen LogP contribution < -0.4 is 0 Å². The molecule has 0 aromatic rings. The second-order valence-corrected chi connectivity index (χ2v) is 3.67. The molecule has 0 fully saturated rings. The topological polar surface area (TPSA) is 35.5 Å².